The van der Waals surface area contributed by atoms with E-state index in [9.17, 15) is 14.4 Å². The average Bonchev–Trinajstić information content (AvgIpc) is 3.32. The van der Waals surface area contributed by atoms with Gasteiger partial charge in [-0.3, -0.25) is 14.4 Å². The number of imidazole rings is 1. The molecule has 9 heteroatoms. The van der Waals surface area contributed by atoms with Crippen molar-refractivity contribution >= 4 is 17.7 Å². The molecule has 3 heterocycles. The molecular weight excluding hydrogens is 422 g/mol. The van der Waals surface area contributed by atoms with Gasteiger partial charge in [0, 0.05) is 25.7 Å². The van der Waals surface area contributed by atoms with Crippen molar-refractivity contribution in [1.29, 1.82) is 0 Å². The zero-order chi connectivity index (χ0) is 23.2. The van der Waals surface area contributed by atoms with E-state index in [1.165, 1.54) is 6.33 Å². The molecule has 33 heavy (non-hydrogen) atoms. The fourth-order valence-electron chi connectivity index (χ4n) is 4.90. The first-order chi connectivity index (χ1) is 15.9. The van der Waals surface area contributed by atoms with Crippen LogP contribution in [0.5, 0.6) is 5.75 Å². The summed E-state index contributed by atoms with van der Waals surface area (Å²) in [4.78, 5) is 47.9. The predicted molar refractivity (Wildman–Crippen MR) is 120 cm³/mol. The van der Waals surface area contributed by atoms with Gasteiger partial charge >= 0.3 is 0 Å². The molecule has 2 fully saturated rings. The molecule has 0 spiro atoms. The van der Waals surface area contributed by atoms with Crippen molar-refractivity contribution in [3.63, 3.8) is 0 Å². The molecule has 9 nitrogen and oxygen atoms in total. The number of aromatic nitrogens is 2. The number of methoxy groups -OCH3 is 1. The lowest BCUT2D eigenvalue weighted by molar-refractivity contribution is -0.133. The van der Waals surface area contributed by atoms with E-state index in [-0.39, 0.29) is 36.0 Å². The molecule has 174 valence electrons. The zero-order valence-electron chi connectivity index (χ0n) is 19.0. The van der Waals surface area contributed by atoms with Gasteiger partial charge in [0.15, 0.2) is 5.69 Å². The molecule has 1 N–H and O–H groups in total. The van der Waals surface area contributed by atoms with Crippen molar-refractivity contribution in [1.82, 2.24) is 24.7 Å². The largest absolute Gasteiger partial charge is 0.497 e. The Morgan fingerprint density at radius 2 is 1.88 bits per heavy atom. The fourth-order valence-corrected chi connectivity index (χ4v) is 4.90. The van der Waals surface area contributed by atoms with Crippen molar-refractivity contribution in [2.24, 2.45) is 0 Å². The number of rotatable bonds is 6. The van der Waals surface area contributed by atoms with Crippen molar-refractivity contribution in [2.45, 2.75) is 57.3 Å². The standard InChI is InChI=1S/C24H29N5O4/c1-24(23(32)25-13-16-5-9-18(33-2)10-6-16)14-28-15-26-19(21(30)27-11-3-4-12-27)20(28)22(31)29(24)17-7-8-17/h5-6,9-10,15,17H,3-4,7-8,11-14H2,1-2H3,(H,25,32). The lowest BCUT2D eigenvalue weighted by atomic mass is 9.93. The van der Waals surface area contributed by atoms with Crippen LogP contribution in [0.1, 0.15) is 59.1 Å². The van der Waals surface area contributed by atoms with Crippen molar-refractivity contribution in [2.75, 3.05) is 20.2 Å². The molecule has 0 bridgehead atoms. The van der Waals surface area contributed by atoms with E-state index in [2.05, 4.69) is 10.3 Å². The van der Waals surface area contributed by atoms with Crippen molar-refractivity contribution in [3.8, 4) is 5.75 Å². The number of benzene rings is 1. The van der Waals surface area contributed by atoms with Crippen molar-refractivity contribution < 1.29 is 19.1 Å². The lowest BCUT2D eigenvalue weighted by Crippen LogP contribution is -2.64. The van der Waals surface area contributed by atoms with Gasteiger partial charge in [0.05, 0.1) is 20.0 Å². The maximum Gasteiger partial charge on any atom is 0.274 e. The first-order valence-electron chi connectivity index (χ1n) is 11.5. The van der Waals surface area contributed by atoms with Gasteiger partial charge in [-0.25, -0.2) is 4.98 Å². The SMILES string of the molecule is COc1ccc(CNC(=O)C2(C)Cn3cnc(C(=O)N4CCCC4)c3C(=O)N2C2CC2)cc1. The number of ether oxygens (including phenoxy) is 1. The van der Waals surface area contributed by atoms with Crippen LogP contribution in [0.4, 0.5) is 0 Å². The average molecular weight is 452 g/mol. The Bertz CT molecular complexity index is 1080. The Morgan fingerprint density at radius 3 is 2.52 bits per heavy atom. The highest BCUT2D eigenvalue weighted by atomic mass is 16.5. The number of hydrogen-bond acceptors (Lipinski definition) is 5. The molecule has 0 radical (unpaired) electrons. The molecule has 2 aromatic rings. The third-order valence-electron chi connectivity index (χ3n) is 6.88. The molecule has 1 saturated heterocycles. The maximum atomic E-state index is 13.7. The first-order valence-corrected chi connectivity index (χ1v) is 11.5. The molecular formula is C24H29N5O4. The number of carbonyl (C=O) groups excluding carboxylic acids is 3. The van der Waals surface area contributed by atoms with Gasteiger partial charge in [0.2, 0.25) is 5.91 Å². The highest BCUT2D eigenvalue weighted by Gasteiger charge is 2.53. The van der Waals surface area contributed by atoms with Gasteiger partial charge in [0.25, 0.3) is 11.8 Å². The van der Waals surface area contributed by atoms with Crippen LogP contribution in [0.3, 0.4) is 0 Å². The minimum Gasteiger partial charge on any atom is -0.497 e. The van der Waals surface area contributed by atoms with Crippen LogP contribution in [0.15, 0.2) is 30.6 Å². The van der Waals surface area contributed by atoms with E-state index in [0.29, 0.717) is 25.3 Å². The van der Waals surface area contributed by atoms with Gasteiger partial charge in [-0.2, -0.15) is 0 Å². The third kappa shape index (κ3) is 3.75. The van der Waals surface area contributed by atoms with E-state index >= 15 is 0 Å². The summed E-state index contributed by atoms with van der Waals surface area (Å²) < 4.78 is 6.86. The van der Waals surface area contributed by atoms with Gasteiger partial charge < -0.3 is 24.4 Å². The summed E-state index contributed by atoms with van der Waals surface area (Å²) in [5.41, 5.74) is 0.383. The topological polar surface area (TPSA) is 96.8 Å². The maximum absolute atomic E-state index is 13.7. The second-order valence-corrected chi connectivity index (χ2v) is 9.28. The number of fused-ring (bicyclic) bond motifs is 1. The second-order valence-electron chi connectivity index (χ2n) is 9.28. The highest BCUT2D eigenvalue weighted by Crippen LogP contribution is 2.39. The zero-order valence-corrected chi connectivity index (χ0v) is 19.0. The van der Waals surface area contributed by atoms with Crippen LogP contribution < -0.4 is 10.1 Å². The van der Waals surface area contributed by atoms with Crippen LogP contribution in [-0.4, -0.2) is 68.9 Å². The van der Waals surface area contributed by atoms with E-state index in [1.807, 2.05) is 24.3 Å². The quantitative estimate of drug-likeness (QED) is 0.723. The summed E-state index contributed by atoms with van der Waals surface area (Å²) >= 11 is 0. The summed E-state index contributed by atoms with van der Waals surface area (Å²) in [7, 11) is 1.61. The number of nitrogens with one attached hydrogen (secondary N) is 1. The molecule has 1 aromatic carbocycles. The number of carbonyl (C=O) groups is 3. The fraction of sp³-hybridized carbons (Fsp3) is 0.500. The molecule has 5 rings (SSSR count). The summed E-state index contributed by atoms with van der Waals surface area (Å²) in [5, 5.41) is 3.00. The monoisotopic (exact) mass is 451 g/mol. The molecule has 3 amide bonds. The highest BCUT2D eigenvalue weighted by molar-refractivity contribution is 6.07. The Morgan fingerprint density at radius 1 is 1.18 bits per heavy atom. The van der Waals surface area contributed by atoms with Gasteiger partial charge in [-0.05, 0) is 50.3 Å². The Kier molecular flexibility index (Phi) is 5.34. The van der Waals surface area contributed by atoms with Gasteiger partial charge in [-0.15, -0.1) is 0 Å². The Balaban J connectivity index is 1.39. The molecule has 2 aliphatic heterocycles. The lowest BCUT2D eigenvalue weighted by Gasteiger charge is -2.44. The number of hydrogen-bond donors (Lipinski definition) is 1. The summed E-state index contributed by atoms with van der Waals surface area (Å²) in [6, 6.07) is 7.50. The van der Waals surface area contributed by atoms with E-state index in [1.54, 1.807) is 28.4 Å². The van der Waals surface area contributed by atoms with E-state index in [4.69, 9.17) is 4.74 Å². The molecule has 1 atom stereocenters. The van der Waals surface area contributed by atoms with Crippen LogP contribution in [-0.2, 0) is 17.9 Å². The number of nitrogens with zero attached hydrogens (tertiary/aromatic N) is 4. The third-order valence-corrected chi connectivity index (χ3v) is 6.88. The molecule has 1 unspecified atom stereocenters. The number of amides is 3. The Labute approximate surface area is 192 Å². The van der Waals surface area contributed by atoms with Gasteiger partial charge in [-0.1, -0.05) is 12.1 Å². The van der Waals surface area contributed by atoms with Crippen LogP contribution in [0.2, 0.25) is 0 Å². The summed E-state index contributed by atoms with van der Waals surface area (Å²) in [6.07, 6.45) is 5.18. The van der Waals surface area contributed by atoms with Crippen LogP contribution >= 0.6 is 0 Å². The van der Waals surface area contributed by atoms with Crippen LogP contribution in [0, 0.1) is 0 Å². The minimum atomic E-state index is -1.06. The summed E-state index contributed by atoms with van der Waals surface area (Å²) in [5.74, 6) is 0.0517. The predicted octanol–water partition coefficient (Wildman–Crippen LogP) is 1.82. The minimum absolute atomic E-state index is 0.00706. The van der Waals surface area contributed by atoms with Gasteiger partial charge in [0.1, 0.15) is 17.0 Å². The second kappa shape index (κ2) is 8.20. The first kappa shape index (κ1) is 21.5. The van der Waals surface area contributed by atoms with Crippen LogP contribution in [0.25, 0.3) is 0 Å². The molecule has 1 aromatic heterocycles. The van der Waals surface area contributed by atoms with E-state index < -0.39 is 5.54 Å². The normalized spacial score (nSPS) is 22.3. The number of likely N-dealkylation sites (tertiary alicyclic amines) is 1. The summed E-state index contributed by atoms with van der Waals surface area (Å²) in [6.45, 7) is 3.80. The Hall–Kier alpha value is -3.36. The molecule has 3 aliphatic rings. The van der Waals surface area contributed by atoms with Crippen molar-refractivity contribution in [3.05, 3.63) is 47.5 Å². The van der Waals surface area contributed by atoms with E-state index in [0.717, 1.165) is 37.0 Å². The molecule has 1 saturated carbocycles. The molecule has 1 aliphatic carbocycles. The smallest absolute Gasteiger partial charge is 0.274 e.